The van der Waals surface area contributed by atoms with Gasteiger partial charge in [0.2, 0.25) is 0 Å². The zero-order valence-corrected chi connectivity index (χ0v) is 17.9. The van der Waals surface area contributed by atoms with Gasteiger partial charge in [0, 0.05) is 18.7 Å². The first-order valence-electron chi connectivity index (χ1n) is 9.45. The second kappa shape index (κ2) is 9.49. The summed E-state index contributed by atoms with van der Waals surface area (Å²) >= 11 is 11.9. The van der Waals surface area contributed by atoms with Crippen LogP contribution < -0.4 is 5.32 Å². The number of nitrogens with zero attached hydrogens (tertiary/aromatic N) is 1. The molecular weight excluding hydrogens is 430 g/mol. The van der Waals surface area contributed by atoms with Gasteiger partial charge in [0.15, 0.2) is 5.76 Å². The molecule has 3 rings (SSSR count). The fourth-order valence-electron chi connectivity index (χ4n) is 3.21. The molecule has 0 saturated heterocycles. The van der Waals surface area contributed by atoms with Crippen LogP contribution in [0.25, 0.3) is 0 Å². The maximum Gasteiger partial charge on any atom is 0.289 e. The van der Waals surface area contributed by atoms with E-state index in [2.05, 4.69) is 5.32 Å². The van der Waals surface area contributed by atoms with E-state index in [-0.39, 0.29) is 18.7 Å². The third kappa shape index (κ3) is 5.12. The highest BCUT2D eigenvalue weighted by atomic mass is 35.5. The summed E-state index contributed by atoms with van der Waals surface area (Å²) in [5, 5.41) is 13.8. The first-order chi connectivity index (χ1) is 14.3. The van der Waals surface area contributed by atoms with E-state index in [1.54, 1.807) is 31.2 Å². The second-order valence-electron chi connectivity index (χ2n) is 7.19. The quantitative estimate of drug-likeness (QED) is 0.616. The van der Waals surface area contributed by atoms with Crippen LogP contribution in [0.15, 0.2) is 47.7 Å². The Morgan fingerprint density at radius 3 is 2.67 bits per heavy atom. The molecule has 2 amide bonds. The average Bonchev–Trinajstić information content (AvgIpc) is 2.98. The van der Waals surface area contributed by atoms with Crippen LogP contribution in [0.4, 0.5) is 4.39 Å². The Kier molecular flexibility index (Phi) is 7.00. The number of carbonyl (C=O) groups excluding carboxylic acids is 2. The third-order valence-electron chi connectivity index (χ3n) is 4.88. The lowest BCUT2D eigenvalue weighted by Crippen LogP contribution is -2.30. The number of hydrogen-bond acceptors (Lipinski definition) is 3. The predicted molar refractivity (Wildman–Crippen MR) is 114 cm³/mol. The molecule has 0 radical (unpaired) electrons. The van der Waals surface area contributed by atoms with Crippen LogP contribution in [0, 0.1) is 12.7 Å². The zero-order chi connectivity index (χ0) is 21.8. The Labute approximate surface area is 184 Å². The van der Waals surface area contributed by atoms with Crippen LogP contribution in [0.3, 0.4) is 0 Å². The molecule has 0 atom stereocenters. The van der Waals surface area contributed by atoms with Gasteiger partial charge in [-0.25, -0.2) is 4.39 Å². The normalized spacial score (nSPS) is 13.9. The molecule has 8 heteroatoms. The molecule has 0 bridgehead atoms. The Hall–Kier alpha value is -2.57. The lowest BCUT2D eigenvalue weighted by Gasteiger charge is -2.17. The van der Waals surface area contributed by atoms with Crippen LogP contribution in [-0.4, -0.2) is 34.9 Å². The summed E-state index contributed by atoms with van der Waals surface area (Å²) in [6.45, 7) is 2.03. The highest BCUT2D eigenvalue weighted by Gasteiger charge is 2.34. The summed E-state index contributed by atoms with van der Waals surface area (Å²) in [6.07, 6.45) is 1.32. The van der Waals surface area contributed by atoms with E-state index in [9.17, 15) is 19.1 Å². The molecule has 0 unspecified atom stereocenters. The number of rotatable bonds is 7. The fraction of sp³-hybridized carbons (Fsp3) is 0.273. The Bertz CT molecular complexity index is 1020. The Morgan fingerprint density at radius 1 is 1.20 bits per heavy atom. The van der Waals surface area contributed by atoms with Gasteiger partial charge in [-0.3, -0.25) is 9.59 Å². The van der Waals surface area contributed by atoms with E-state index in [1.165, 1.54) is 11.0 Å². The lowest BCUT2D eigenvalue weighted by molar-refractivity contribution is -0.128. The van der Waals surface area contributed by atoms with Gasteiger partial charge in [0.05, 0.1) is 22.2 Å². The third-order valence-corrected chi connectivity index (χ3v) is 5.62. The molecule has 1 heterocycles. The van der Waals surface area contributed by atoms with Crippen molar-refractivity contribution in [2.24, 2.45) is 0 Å². The maximum absolute atomic E-state index is 14.1. The number of benzene rings is 2. The van der Waals surface area contributed by atoms with Crippen LogP contribution in [-0.2, 0) is 22.6 Å². The van der Waals surface area contributed by atoms with Crippen LogP contribution >= 0.6 is 23.2 Å². The predicted octanol–water partition coefficient (Wildman–Crippen LogP) is 4.34. The summed E-state index contributed by atoms with van der Waals surface area (Å²) in [5.41, 5.74) is 2.07. The van der Waals surface area contributed by atoms with Gasteiger partial charge in [-0.15, -0.1) is 0 Å². The molecule has 1 aliphatic rings. The molecule has 2 aromatic rings. The van der Waals surface area contributed by atoms with E-state index in [4.69, 9.17) is 23.2 Å². The van der Waals surface area contributed by atoms with E-state index >= 15 is 0 Å². The summed E-state index contributed by atoms with van der Waals surface area (Å²) < 4.78 is 14.1. The van der Waals surface area contributed by atoms with Crippen molar-refractivity contribution in [2.45, 2.75) is 26.3 Å². The molecule has 0 spiro atoms. The van der Waals surface area contributed by atoms with Crippen molar-refractivity contribution in [2.75, 3.05) is 13.1 Å². The molecule has 0 aromatic heterocycles. The standard InChI is InChI=1S/C22H21Cl2FN2O3/c1-13-4-6-15(19(25)9-13)11-27-12-16(20(28)22(27)30)21(29)26-8-2-3-14-5-7-17(23)18(24)10-14/h4-7,9-10,28H,2-3,8,11-12H2,1H3,(H,26,29). The molecule has 2 N–H and O–H groups in total. The van der Waals surface area contributed by atoms with Crippen molar-refractivity contribution in [1.29, 1.82) is 0 Å². The number of amides is 2. The molecular formula is C22H21Cl2FN2O3. The van der Waals surface area contributed by atoms with Gasteiger partial charge in [0.1, 0.15) is 5.82 Å². The van der Waals surface area contributed by atoms with Crippen molar-refractivity contribution in [3.63, 3.8) is 0 Å². The van der Waals surface area contributed by atoms with E-state index in [0.29, 0.717) is 35.0 Å². The van der Waals surface area contributed by atoms with Gasteiger partial charge < -0.3 is 15.3 Å². The molecule has 0 fully saturated rings. The molecule has 0 saturated carbocycles. The first-order valence-corrected chi connectivity index (χ1v) is 10.2. The summed E-state index contributed by atoms with van der Waals surface area (Å²) in [7, 11) is 0. The van der Waals surface area contributed by atoms with Gasteiger partial charge in [0.25, 0.3) is 11.8 Å². The second-order valence-corrected chi connectivity index (χ2v) is 8.01. The monoisotopic (exact) mass is 450 g/mol. The number of nitrogens with one attached hydrogen (secondary N) is 1. The van der Waals surface area contributed by atoms with Crippen LogP contribution in [0.2, 0.25) is 10.0 Å². The topological polar surface area (TPSA) is 69.6 Å². The van der Waals surface area contributed by atoms with Gasteiger partial charge >= 0.3 is 0 Å². The first kappa shape index (κ1) is 22.1. The average molecular weight is 451 g/mol. The van der Waals surface area contributed by atoms with Crippen molar-refractivity contribution in [1.82, 2.24) is 10.2 Å². The van der Waals surface area contributed by atoms with E-state index < -0.39 is 23.4 Å². The van der Waals surface area contributed by atoms with Crippen LogP contribution in [0.1, 0.15) is 23.1 Å². The number of hydrogen-bond donors (Lipinski definition) is 2. The highest BCUT2D eigenvalue weighted by molar-refractivity contribution is 6.42. The Balaban J connectivity index is 1.52. The minimum atomic E-state index is -0.684. The summed E-state index contributed by atoms with van der Waals surface area (Å²) in [6, 6.07) is 10.1. The molecule has 1 aliphatic heterocycles. The minimum absolute atomic E-state index is 0.0120. The number of aliphatic hydroxyl groups is 1. The lowest BCUT2D eigenvalue weighted by atomic mass is 10.1. The van der Waals surface area contributed by atoms with Gasteiger partial charge in [-0.1, -0.05) is 41.4 Å². The smallest absolute Gasteiger partial charge is 0.289 e. The molecule has 30 heavy (non-hydrogen) atoms. The van der Waals surface area contributed by atoms with Crippen molar-refractivity contribution < 1.29 is 19.1 Å². The summed E-state index contributed by atoms with van der Waals surface area (Å²) in [5.74, 6) is -2.22. The highest BCUT2D eigenvalue weighted by Crippen LogP contribution is 2.23. The minimum Gasteiger partial charge on any atom is -0.503 e. The largest absolute Gasteiger partial charge is 0.503 e. The van der Waals surface area contributed by atoms with Crippen molar-refractivity contribution in [3.8, 4) is 0 Å². The summed E-state index contributed by atoms with van der Waals surface area (Å²) in [4.78, 5) is 25.9. The zero-order valence-electron chi connectivity index (χ0n) is 16.3. The SMILES string of the molecule is Cc1ccc(CN2CC(C(=O)NCCCc3ccc(Cl)c(Cl)c3)=C(O)C2=O)c(F)c1. The molecule has 2 aromatic carbocycles. The fourth-order valence-corrected chi connectivity index (χ4v) is 3.53. The Morgan fingerprint density at radius 2 is 1.97 bits per heavy atom. The molecule has 158 valence electrons. The number of carbonyl (C=O) groups is 2. The number of aryl methyl sites for hydroxylation is 2. The van der Waals surface area contributed by atoms with Crippen molar-refractivity contribution in [3.05, 3.63) is 80.3 Å². The van der Waals surface area contributed by atoms with Crippen LogP contribution in [0.5, 0.6) is 0 Å². The van der Waals surface area contributed by atoms with E-state index in [0.717, 1.165) is 11.1 Å². The number of aliphatic hydroxyl groups excluding tert-OH is 1. The molecule has 0 aliphatic carbocycles. The number of halogens is 3. The van der Waals surface area contributed by atoms with Gasteiger partial charge in [-0.05, 0) is 49.1 Å². The maximum atomic E-state index is 14.1. The van der Waals surface area contributed by atoms with Gasteiger partial charge in [-0.2, -0.15) is 0 Å². The van der Waals surface area contributed by atoms with E-state index in [1.807, 2.05) is 6.07 Å². The molecule has 5 nitrogen and oxygen atoms in total. The van der Waals surface area contributed by atoms with Crippen molar-refractivity contribution >= 4 is 35.0 Å².